The lowest BCUT2D eigenvalue weighted by atomic mass is 10.6. The monoisotopic (exact) mass is 157 g/mol. The van der Waals surface area contributed by atoms with Crippen LogP contribution >= 0.6 is 11.8 Å². The standard InChI is InChI=1S/C7H11NOS/c1-6(2)10-4-7-3-8-5-9-7/h3,5-6H,4H2,1-2H3. The van der Waals surface area contributed by atoms with Crippen LogP contribution in [0.15, 0.2) is 17.0 Å². The maximum absolute atomic E-state index is 5.05. The molecule has 0 fully saturated rings. The normalized spacial score (nSPS) is 10.7. The van der Waals surface area contributed by atoms with E-state index in [1.807, 2.05) is 11.8 Å². The average molecular weight is 157 g/mol. The maximum Gasteiger partial charge on any atom is 0.180 e. The number of nitrogens with zero attached hydrogens (tertiary/aromatic N) is 1. The summed E-state index contributed by atoms with van der Waals surface area (Å²) in [5.74, 6) is 1.89. The van der Waals surface area contributed by atoms with Gasteiger partial charge in [-0.25, -0.2) is 4.98 Å². The molecule has 0 unspecified atom stereocenters. The minimum absolute atomic E-state index is 0.658. The molecule has 0 bridgehead atoms. The second-order valence-electron chi connectivity index (χ2n) is 2.33. The minimum atomic E-state index is 0.658. The van der Waals surface area contributed by atoms with Crippen molar-refractivity contribution in [2.75, 3.05) is 0 Å². The zero-order valence-electron chi connectivity index (χ0n) is 6.20. The van der Waals surface area contributed by atoms with Gasteiger partial charge >= 0.3 is 0 Å². The second-order valence-corrected chi connectivity index (χ2v) is 3.89. The van der Waals surface area contributed by atoms with Crippen LogP contribution in [0.5, 0.6) is 0 Å². The van der Waals surface area contributed by atoms with Crippen molar-refractivity contribution in [2.45, 2.75) is 24.9 Å². The number of thioether (sulfide) groups is 1. The van der Waals surface area contributed by atoms with Crippen molar-refractivity contribution in [3.8, 4) is 0 Å². The van der Waals surface area contributed by atoms with Gasteiger partial charge in [0.15, 0.2) is 6.39 Å². The fourth-order valence-electron chi connectivity index (χ4n) is 0.562. The molecule has 1 aromatic rings. The Morgan fingerprint density at radius 2 is 2.50 bits per heavy atom. The molecule has 0 aliphatic heterocycles. The van der Waals surface area contributed by atoms with E-state index in [0.29, 0.717) is 5.25 Å². The first-order valence-corrected chi connectivity index (χ1v) is 4.33. The van der Waals surface area contributed by atoms with Gasteiger partial charge in [-0.1, -0.05) is 13.8 Å². The Morgan fingerprint density at radius 1 is 1.70 bits per heavy atom. The van der Waals surface area contributed by atoms with E-state index < -0.39 is 0 Å². The molecule has 0 saturated heterocycles. The van der Waals surface area contributed by atoms with E-state index in [2.05, 4.69) is 18.8 Å². The summed E-state index contributed by atoms with van der Waals surface area (Å²) in [4.78, 5) is 3.82. The van der Waals surface area contributed by atoms with E-state index in [-0.39, 0.29) is 0 Å². The Balaban J connectivity index is 2.28. The molecule has 0 amide bonds. The average Bonchev–Trinajstić information content (AvgIpc) is 2.34. The summed E-state index contributed by atoms with van der Waals surface area (Å²) in [6.45, 7) is 4.34. The largest absolute Gasteiger partial charge is 0.448 e. The van der Waals surface area contributed by atoms with Crippen LogP contribution in [-0.4, -0.2) is 10.2 Å². The van der Waals surface area contributed by atoms with E-state index in [0.717, 1.165) is 11.5 Å². The van der Waals surface area contributed by atoms with Crippen molar-refractivity contribution in [3.05, 3.63) is 18.4 Å². The van der Waals surface area contributed by atoms with Crippen molar-refractivity contribution in [3.63, 3.8) is 0 Å². The van der Waals surface area contributed by atoms with Crippen molar-refractivity contribution in [2.24, 2.45) is 0 Å². The van der Waals surface area contributed by atoms with Crippen LogP contribution in [0, 0.1) is 0 Å². The third-order valence-corrected chi connectivity index (χ3v) is 2.16. The van der Waals surface area contributed by atoms with Gasteiger partial charge in [0.25, 0.3) is 0 Å². The van der Waals surface area contributed by atoms with Crippen LogP contribution in [0.3, 0.4) is 0 Å². The Hall–Kier alpha value is -0.440. The molecule has 10 heavy (non-hydrogen) atoms. The lowest BCUT2D eigenvalue weighted by Gasteiger charge is -1.99. The molecule has 0 aliphatic carbocycles. The predicted molar refractivity (Wildman–Crippen MR) is 42.9 cm³/mol. The Labute approximate surface area is 65.0 Å². The molecule has 56 valence electrons. The minimum Gasteiger partial charge on any atom is -0.448 e. The fourth-order valence-corrected chi connectivity index (χ4v) is 1.20. The molecule has 0 radical (unpaired) electrons. The van der Waals surface area contributed by atoms with Gasteiger partial charge in [-0.3, -0.25) is 0 Å². The third-order valence-electron chi connectivity index (χ3n) is 1.04. The van der Waals surface area contributed by atoms with Crippen LogP contribution in [0.1, 0.15) is 19.6 Å². The summed E-state index contributed by atoms with van der Waals surface area (Å²) < 4.78 is 5.05. The Bertz CT molecular complexity index is 172. The Kier molecular flexibility index (Phi) is 2.81. The molecule has 0 atom stereocenters. The summed E-state index contributed by atoms with van der Waals surface area (Å²) in [5, 5.41) is 0.658. The van der Waals surface area contributed by atoms with E-state index in [4.69, 9.17) is 4.42 Å². The van der Waals surface area contributed by atoms with Crippen LogP contribution in [0.4, 0.5) is 0 Å². The zero-order valence-corrected chi connectivity index (χ0v) is 7.02. The molecule has 2 nitrogen and oxygen atoms in total. The highest BCUT2D eigenvalue weighted by Gasteiger charge is 1.98. The lowest BCUT2D eigenvalue weighted by molar-refractivity contribution is 0.523. The van der Waals surface area contributed by atoms with Crippen molar-refractivity contribution in [1.29, 1.82) is 0 Å². The molecule has 0 spiro atoms. The highest BCUT2D eigenvalue weighted by atomic mass is 32.2. The first-order chi connectivity index (χ1) is 4.79. The van der Waals surface area contributed by atoms with Gasteiger partial charge in [0.05, 0.1) is 11.9 Å². The summed E-state index contributed by atoms with van der Waals surface area (Å²) in [6, 6.07) is 0. The molecular formula is C7H11NOS. The molecule has 0 aliphatic rings. The lowest BCUT2D eigenvalue weighted by Crippen LogP contribution is -1.86. The zero-order chi connectivity index (χ0) is 7.40. The number of rotatable bonds is 3. The molecule has 1 heterocycles. The fraction of sp³-hybridized carbons (Fsp3) is 0.571. The third kappa shape index (κ3) is 2.43. The molecule has 0 N–H and O–H groups in total. The van der Waals surface area contributed by atoms with Crippen LogP contribution in [0.25, 0.3) is 0 Å². The summed E-state index contributed by atoms with van der Waals surface area (Å²) in [7, 11) is 0. The van der Waals surface area contributed by atoms with E-state index in [9.17, 15) is 0 Å². The smallest absolute Gasteiger partial charge is 0.180 e. The number of aromatic nitrogens is 1. The highest BCUT2D eigenvalue weighted by molar-refractivity contribution is 7.99. The van der Waals surface area contributed by atoms with Gasteiger partial charge < -0.3 is 4.42 Å². The van der Waals surface area contributed by atoms with Crippen molar-refractivity contribution in [1.82, 2.24) is 4.98 Å². The van der Waals surface area contributed by atoms with E-state index in [1.54, 1.807) is 6.20 Å². The number of oxazole rings is 1. The first kappa shape index (κ1) is 7.66. The van der Waals surface area contributed by atoms with Gasteiger partial charge in [0.1, 0.15) is 5.76 Å². The van der Waals surface area contributed by atoms with Crippen molar-refractivity contribution >= 4 is 11.8 Å². The molecule has 0 aromatic carbocycles. The van der Waals surface area contributed by atoms with Crippen LogP contribution < -0.4 is 0 Å². The van der Waals surface area contributed by atoms with Gasteiger partial charge in [-0.15, -0.1) is 0 Å². The van der Waals surface area contributed by atoms with Crippen LogP contribution in [-0.2, 0) is 5.75 Å². The highest BCUT2D eigenvalue weighted by Crippen LogP contribution is 2.15. The predicted octanol–water partition coefficient (Wildman–Crippen LogP) is 2.32. The first-order valence-electron chi connectivity index (χ1n) is 3.28. The molecule has 0 saturated carbocycles. The molecule has 1 rings (SSSR count). The van der Waals surface area contributed by atoms with E-state index in [1.165, 1.54) is 6.39 Å². The van der Waals surface area contributed by atoms with Gasteiger partial charge in [-0.2, -0.15) is 11.8 Å². The van der Waals surface area contributed by atoms with Crippen molar-refractivity contribution < 1.29 is 4.42 Å². The number of hydrogen-bond donors (Lipinski definition) is 0. The van der Waals surface area contributed by atoms with Gasteiger partial charge in [-0.05, 0) is 5.25 Å². The summed E-state index contributed by atoms with van der Waals surface area (Å²) in [6.07, 6.45) is 3.23. The maximum atomic E-state index is 5.05. The summed E-state index contributed by atoms with van der Waals surface area (Å²) >= 11 is 1.86. The van der Waals surface area contributed by atoms with Crippen LogP contribution in [0.2, 0.25) is 0 Å². The van der Waals surface area contributed by atoms with Gasteiger partial charge in [0, 0.05) is 0 Å². The van der Waals surface area contributed by atoms with Gasteiger partial charge in [0.2, 0.25) is 0 Å². The number of hydrogen-bond acceptors (Lipinski definition) is 3. The second kappa shape index (κ2) is 3.66. The molecular weight excluding hydrogens is 146 g/mol. The van der Waals surface area contributed by atoms with E-state index >= 15 is 0 Å². The molecule has 1 aromatic heterocycles. The molecule has 3 heteroatoms. The topological polar surface area (TPSA) is 26.0 Å². The SMILES string of the molecule is CC(C)SCc1cnco1. The summed E-state index contributed by atoms with van der Waals surface area (Å²) in [5.41, 5.74) is 0. The Morgan fingerprint density at radius 3 is 3.00 bits per heavy atom. The quantitative estimate of drug-likeness (QED) is 0.673.